The van der Waals surface area contributed by atoms with Crippen LogP contribution in [0.4, 0.5) is 5.69 Å². The minimum atomic E-state index is -0.205. The second-order valence-electron chi connectivity index (χ2n) is 9.53. The molecule has 2 amide bonds. The van der Waals surface area contributed by atoms with E-state index in [1.165, 1.54) is 5.56 Å². The summed E-state index contributed by atoms with van der Waals surface area (Å²) in [5.74, 6) is 1.61. The van der Waals surface area contributed by atoms with Crippen LogP contribution in [0.15, 0.2) is 42.7 Å². The van der Waals surface area contributed by atoms with Gasteiger partial charge in [-0.15, -0.1) is 0 Å². The fourth-order valence-corrected chi connectivity index (χ4v) is 4.04. The van der Waals surface area contributed by atoms with Crippen LogP contribution in [0.2, 0.25) is 0 Å². The van der Waals surface area contributed by atoms with Crippen molar-refractivity contribution in [3.63, 3.8) is 0 Å². The van der Waals surface area contributed by atoms with Crippen molar-refractivity contribution in [2.75, 3.05) is 24.6 Å². The van der Waals surface area contributed by atoms with E-state index in [-0.39, 0.29) is 18.2 Å². The number of nitrogens with zero attached hydrogens (tertiary/aromatic N) is 3. The standard InChI is InChI=1S/C26H35N3O3/c1-18(2)14-28(15-19(3)4)25(30)13-26(31)29(22-8-10-27-11-9-22)16-21-6-7-24-23(12-21)20(5)17-32-24/h6-12,18-20H,13-17H2,1-5H3. The lowest BCUT2D eigenvalue weighted by molar-refractivity contribution is -0.136. The summed E-state index contributed by atoms with van der Waals surface area (Å²) < 4.78 is 5.71. The Morgan fingerprint density at radius 1 is 1.03 bits per heavy atom. The van der Waals surface area contributed by atoms with Gasteiger partial charge in [0.25, 0.3) is 0 Å². The normalized spacial score (nSPS) is 14.9. The van der Waals surface area contributed by atoms with Crippen molar-refractivity contribution in [3.05, 3.63) is 53.9 Å². The quantitative estimate of drug-likeness (QED) is 0.536. The van der Waals surface area contributed by atoms with Crippen LogP contribution in [0.1, 0.15) is 58.1 Å². The van der Waals surface area contributed by atoms with Gasteiger partial charge in [-0.05, 0) is 41.7 Å². The number of aromatic nitrogens is 1. The molecule has 0 radical (unpaired) electrons. The summed E-state index contributed by atoms with van der Waals surface area (Å²) >= 11 is 0. The molecule has 32 heavy (non-hydrogen) atoms. The van der Waals surface area contributed by atoms with Crippen molar-refractivity contribution in [2.24, 2.45) is 11.8 Å². The highest BCUT2D eigenvalue weighted by Crippen LogP contribution is 2.34. The van der Waals surface area contributed by atoms with Crippen LogP contribution in [0.25, 0.3) is 0 Å². The lowest BCUT2D eigenvalue weighted by atomic mass is 10.0. The number of carbonyl (C=O) groups is 2. The van der Waals surface area contributed by atoms with E-state index in [4.69, 9.17) is 4.74 Å². The number of benzene rings is 1. The molecule has 0 spiro atoms. The van der Waals surface area contributed by atoms with Gasteiger partial charge in [0.15, 0.2) is 0 Å². The highest BCUT2D eigenvalue weighted by atomic mass is 16.5. The third kappa shape index (κ3) is 6.09. The largest absolute Gasteiger partial charge is 0.493 e. The Bertz CT molecular complexity index is 917. The number of rotatable bonds is 9. The predicted octanol–water partition coefficient (Wildman–Crippen LogP) is 4.64. The Hall–Kier alpha value is -2.89. The van der Waals surface area contributed by atoms with Gasteiger partial charge in [0.05, 0.1) is 13.2 Å². The third-order valence-corrected chi connectivity index (χ3v) is 5.54. The summed E-state index contributed by atoms with van der Waals surface area (Å²) in [6.45, 7) is 12.9. The topological polar surface area (TPSA) is 62.7 Å². The Balaban J connectivity index is 1.80. The molecule has 1 atom stereocenters. The van der Waals surface area contributed by atoms with Gasteiger partial charge >= 0.3 is 0 Å². The zero-order valence-corrected chi connectivity index (χ0v) is 19.9. The van der Waals surface area contributed by atoms with E-state index in [1.54, 1.807) is 17.3 Å². The second-order valence-corrected chi connectivity index (χ2v) is 9.53. The van der Waals surface area contributed by atoms with E-state index < -0.39 is 0 Å². The van der Waals surface area contributed by atoms with Crippen LogP contribution in [0.5, 0.6) is 5.75 Å². The van der Waals surface area contributed by atoms with E-state index in [9.17, 15) is 9.59 Å². The van der Waals surface area contributed by atoms with Crippen LogP contribution >= 0.6 is 0 Å². The number of pyridine rings is 1. The van der Waals surface area contributed by atoms with E-state index in [1.807, 2.05) is 29.2 Å². The molecular formula is C26H35N3O3. The first-order valence-corrected chi connectivity index (χ1v) is 11.5. The molecule has 0 bridgehead atoms. The van der Waals surface area contributed by atoms with Crippen molar-refractivity contribution < 1.29 is 14.3 Å². The number of amides is 2. The number of ether oxygens (including phenoxy) is 1. The maximum absolute atomic E-state index is 13.4. The highest BCUT2D eigenvalue weighted by molar-refractivity contribution is 6.04. The van der Waals surface area contributed by atoms with Crippen molar-refractivity contribution in [3.8, 4) is 5.75 Å². The molecule has 1 unspecified atom stereocenters. The van der Waals surface area contributed by atoms with Gasteiger partial charge in [-0.1, -0.05) is 40.7 Å². The summed E-state index contributed by atoms with van der Waals surface area (Å²) in [5.41, 5.74) is 2.92. The van der Waals surface area contributed by atoms with Crippen LogP contribution in [0, 0.1) is 11.8 Å². The molecule has 0 N–H and O–H groups in total. The maximum atomic E-state index is 13.4. The van der Waals surface area contributed by atoms with Gasteiger partial charge in [0, 0.05) is 42.7 Å². The van der Waals surface area contributed by atoms with E-state index >= 15 is 0 Å². The molecule has 0 fully saturated rings. The summed E-state index contributed by atoms with van der Waals surface area (Å²) in [6.07, 6.45) is 3.19. The smallest absolute Gasteiger partial charge is 0.236 e. The third-order valence-electron chi connectivity index (χ3n) is 5.54. The molecule has 1 aromatic carbocycles. The number of carbonyl (C=O) groups excluding carboxylic acids is 2. The Morgan fingerprint density at radius 3 is 2.31 bits per heavy atom. The summed E-state index contributed by atoms with van der Waals surface area (Å²) in [6, 6.07) is 9.69. The molecule has 172 valence electrons. The minimum Gasteiger partial charge on any atom is -0.493 e. The summed E-state index contributed by atoms with van der Waals surface area (Å²) in [7, 11) is 0. The zero-order valence-electron chi connectivity index (χ0n) is 19.9. The molecule has 3 rings (SSSR count). The van der Waals surface area contributed by atoms with Gasteiger partial charge in [-0.2, -0.15) is 0 Å². The maximum Gasteiger partial charge on any atom is 0.236 e. The Labute approximate surface area is 191 Å². The SMILES string of the molecule is CC(C)CN(CC(C)C)C(=O)CC(=O)N(Cc1ccc2c(c1)C(C)CO2)c1ccncc1. The molecule has 6 heteroatoms. The Kier molecular flexibility index (Phi) is 7.89. The minimum absolute atomic E-state index is 0.118. The molecule has 0 saturated heterocycles. The zero-order chi connectivity index (χ0) is 23.3. The monoisotopic (exact) mass is 437 g/mol. The van der Waals surface area contributed by atoms with Crippen LogP contribution in [-0.4, -0.2) is 41.4 Å². The summed E-state index contributed by atoms with van der Waals surface area (Å²) in [5, 5.41) is 0. The van der Waals surface area contributed by atoms with E-state index in [0.29, 0.717) is 44.0 Å². The van der Waals surface area contributed by atoms with Crippen LogP contribution in [-0.2, 0) is 16.1 Å². The first kappa shape index (κ1) is 23.8. The molecule has 1 aliphatic heterocycles. The van der Waals surface area contributed by atoms with Gasteiger partial charge in [-0.25, -0.2) is 0 Å². The molecule has 1 aliphatic rings. The molecule has 6 nitrogen and oxygen atoms in total. The second kappa shape index (κ2) is 10.6. The van der Waals surface area contributed by atoms with Gasteiger partial charge in [-0.3, -0.25) is 14.6 Å². The molecule has 0 aliphatic carbocycles. The first-order valence-electron chi connectivity index (χ1n) is 11.5. The van der Waals surface area contributed by atoms with Crippen molar-refractivity contribution in [2.45, 2.75) is 53.5 Å². The molecule has 2 aromatic rings. The lowest BCUT2D eigenvalue weighted by Crippen LogP contribution is -2.41. The van der Waals surface area contributed by atoms with Crippen LogP contribution < -0.4 is 9.64 Å². The van der Waals surface area contributed by atoms with Crippen molar-refractivity contribution in [1.82, 2.24) is 9.88 Å². The van der Waals surface area contributed by atoms with E-state index in [2.05, 4.69) is 45.7 Å². The van der Waals surface area contributed by atoms with Crippen molar-refractivity contribution >= 4 is 17.5 Å². The number of fused-ring (bicyclic) bond motifs is 1. The number of hydrogen-bond acceptors (Lipinski definition) is 4. The van der Waals surface area contributed by atoms with Crippen LogP contribution in [0.3, 0.4) is 0 Å². The predicted molar refractivity (Wildman–Crippen MR) is 127 cm³/mol. The van der Waals surface area contributed by atoms with E-state index in [0.717, 1.165) is 17.0 Å². The van der Waals surface area contributed by atoms with Gasteiger partial charge in [0.2, 0.25) is 11.8 Å². The molecule has 1 aromatic heterocycles. The highest BCUT2D eigenvalue weighted by Gasteiger charge is 2.25. The molecule has 2 heterocycles. The summed E-state index contributed by atoms with van der Waals surface area (Å²) in [4.78, 5) is 34.0. The number of hydrogen-bond donors (Lipinski definition) is 0. The first-order chi connectivity index (χ1) is 15.2. The molecular weight excluding hydrogens is 402 g/mol. The van der Waals surface area contributed by atoms with Gasteiger partial charge < -0.3 is 14.5 Å². The average molecular weight is 438 g/mol. The fourth-order valence-electron chi connectivity index (χ4n) is 4.04. The molecule has 0 saturated carbocycles. The fraction of sp³-hybridized carbons (Fsp3) is 0.500. The Morgan fingerprint density at radius 2 is 1.69 bits per heavy atom. The van der Waals surface area contributed by atoms with Gasteiger partial charge in [0.1, 0.15) is 12.2 Å². The lowest BCUT2D eigenvalue weighted by Gasteiger charge is -2.28. The van der Waals surface area contributed by atoms with Crippen molar-refractivity contribution in [1.29, 1.82) is 0 Å². The number of anilines is 1. The average Bonchev–Trinajstić information content (AvgIpc) is 3.11.